The van der Waals surface area contributed by atoms with Crippen molar-refractivity contribution < 1.29 is 9.21 Å². The van der Waals surface area contributed by atoms with E-state index in [0.717, 1.165) is 5.56 Å². The molecule has 0 radical (unpaired) electrons. The fourth-order valence-corrected chi connectivity index (χ4v) is 1.52. The van der Waals surface area contributed by atoms with Gasteiger partial charge in [-0.15, -0.1) is 0 Å². The smallest absolute Gasteiger partial charge is 0.287 e. The van der Waals surface area contributed by atoms with Crippen LogP contribution in [0.4, 0.5) is 0 Å². The molecule has 88 valence electrons. The summed E-state index contributed by atoms with van der Waals surface area (Å²) in [4.78, 5) is 11.6. The molecule has 2 aromatic rings. The number of hydrogen-bond donors (Lipinski definition) is 2. The second kappa shape index (κ2) is 5.32. The molecule has 4 heteroatoms. The van der Waals surface area contributed by atoms with Gasteiger partial charge in [0, 0.05) is 12.6 Å². The molecule has 1 aromatic heterocycles. The summed E-state index contributed by atoms with van der Waals surface area (Å²) in [6, 6.07) is 12.7. The van der Waals surface area contributed by atoms with Gasteiger partial charge in [0.2, 0.25) is 0 Å². The van der Waals surface area contributed by atoms with Crippen molar-refractivity contribution in [1.29, 1.82) is 0 Å². The van der Waals surface area contributed by atoms with Gasteiger partial charge >= 0.3 is 0 Å². The highest BCUT2D eigenvalue weighted by Crippen LogP contribution is 2.08. The molecule has 1 unspecified atom stereocenters. The monoisotopic (exact) mass is 230 g/mol. The van der Waals surface area contributed by atoms with Gasteiger partial charge in [0.25, 0.3) is 5.91 Å². The van der Waals surface area contributed by atoms with Crippen molar-refractivity contribution in [3.05, 3.63) is 60.1 Å². The van der Waals surface area contributed by atoms with E-state index in [2.05, 4.69) is 5.32 Å². The van der Waals surface area contributed by atoms with Gasteiger partial charge in [-0.25, -0.2) is 0 Å². The molecule has 0 aliphatic carbocycles. The minimum atomic E-state index is -0.249. The Morgan fingerprint density at radius 3 is 2.65 bits per heavy atom. The van der Waals surface area contributed by atoms with Crippen LogP contribution in [0.15, 0.2) is 53.1 Å². The van der Waals surface area contributed by atoms with Crippen LogP contribution in [0.25, 0.3) is 0 Å². The minimum absolute atomic E-state index is 0.213. The molecule has 0 aliphatic heterocycles. The average Bonchev–Trinajstić information content (AvgIpc) is 2.90. The topological polar surface area (TPSA) is 68.3 Å². The maximum Gasteiger partial charge on any atom is 0.287 e. The van der Waals surface area contributed by atoms with Crippen LogP contribution in [0.1, 0.15) is 22.2 Å². The normalized spacial score (nSPS) is 12.1. The molecule has 1 aromatic carbocycles. The van der Waals surface area contributed by atoms with Gasteiger partial charge in [-0.05, 0) is 17.7 Å². The molecule has 1 amide bonds. The van der Waals surface area contributed by atoms with Crippen molar-refractivity contribution >= 4 is 5.91 Å². The molecule has 3 N–H and O–H groups in total. The summed E-state index contributed by atoms with van der Waals surface area (Å²) in [7, 11) is 0. The highest BCUT2D eigenvalue weighted by atomic mass is 16.3. The van der Waals surface area contributed by atoms with Gasteiger partial charge in [-0.1, -0.05) is 30.3 Å². The van der Waals surface area contributed by atoms with Gasteiger partial charge in [0.15, 0.2) is 5.76 Å². The Bertz CT molecular complexity index is 465. The van der Waals surface area contributed by atoms with Crippen molar-refractivity contribution in [2.24, 2.45) is 5.73 Å². The summed E-state index contributed by atoms with van der Waals surface area (Å²) < 4.78 is 4.98. The molecule has 1 heterocycles. The SMILES string of the molecule is NC(CNC(=O)c1ccco1)c1ccccc1. The van der Waals surface area contributed by atoms with E-state index in [1.807, 2.05) is 30.3 Å². The fraction of sp³-hybridized carbons (Fsp3) is 0.154. The number of carbonyl (C=O) groups excluding carboxylic acids is 1. The zero-order valence-electron chi connectivity index (χ0n) is 9.30. The quantitative estimate of drug-likeness (QED) is 0.840. The largest absolute Gasteiger partial charge is 0.459 e. The summed E-state index contributed by atoms with van der Waals surface area (Å²) in [5, 5.41) is 2.73. The standard InChI is InChI=1S/C13H14N2O2/c14-11(10-5-2-1-3-6-10)9-15-13(16)12-7-4-8-17-12/h1-8,11H,9,14H2,(H,15,16). The van der Waals surface area contributed by atoms with E-state index in [9.17, 15) is 4.79 Å². The summed E-state index contributed by atoms with van der Waals surface area (Å²) in [6.45, 7) is 0.379. The Morgan fingerprint density at radius 1 is 1.24 bits per heavy atom. The first kappa shape index (κ1) is 11.4. The summed E-state index contributed by atoms with van der Waals surface area (Å²) >= 11 is 0. The van der Waals surface area contributed by atoms with E-state index < -0.39 is 0 Å². The lowest BCUT2D eigenvalue weighted by Gasteiger charge is -2.12. The lowest BCUT2D eigenvalue weighted by atomic mass is 10.1. The van der Waals surface area contributed by atoms with Crippen LogP contribution in [-0.4, -0.2) is 12.5 Å². The van der Waals surface area contributed by atoms with E-state index in [0.29, 0.717) is 12.3 Å². The Morgan fingerprint density at radius 2 is 2.00 bits per heavy atom. The highest BCUT2D eigenvalue weighted by molar-refractivity contribution is 5.91. The van der Waals surface area contributed by atoms with Gasteiger partial charge in [-0.3, -0.25) is 4.79 Å². The predicted molar refractivity (Wildman–Crippen MR) is 64.4 cm³/mol. The number of furan rings is 1. The predicted octanol–water partition coefficient (Wildman–Crippen LogP) is 1.71. The number of rotatable bonds is 4. The number of hydrogen-bond acceptors (Lipinski definition) is 3. The molecule has 0 saturated carbocycles. The van der Waals surface area contributed by atoms with Crippen molar-refractivity contribution in [2.75, 3.05) is 6.54 Å². The zero-order valence-corrected chi connectivity index (χ0v) is 9.30. The second-order valence-corrected chi connectivity index (χ2v) is 3.70. The summed E-state index contributed by atoms with van der Waals surface area (Å²) in [5.41, 5.74) is 6.94. The molecule has 17 heavy (non-hydrogen) atoms. The van der Waals surface area contributed by atoms with Gasteiger partial charge < -0.3 is 15.5 Å². The third-order valence-corrected chi connectivity index (χ3v) is 2.46. The van der Waals surface area contributed by atoms with E-state index in [4.69, 9.17) is 10.2 Å². The van der Waals surface area contributed by atoms with E-state index >= 15 is 0 Å². The van der Waals surface area contributed by atoms with Crippen LogP contribution >= 0.6 is 0 Å². The first-order chi connectivity index (χ1) is 8.27. The number of nitrogens with one attached hydrogen (secondary N) is 1. The molecule has 1 atom stereocenters. The summed E-state index contributed by atoms with van der Waals surface area (Å²) in [5.74, 6) is 0.0478. The molecule has 0 bridgehead atoms. The van der Waals surface area contributed by atoms with E-state index in [1.165, 1.54) is 6.26 Å². The van der Waals surface area contributed by atoms with Gasteiger partial charge in [0.1, 0.15) is 0 Å². The van der Waals surface area contributed by atoms with Crippen LogP contribution in [0, 0.1) is 0 Å². The number of amides is 1. The first-order valence-electron chi connectivity index (χ1n) is 5.39. The molecular weight excluding hydrogens is 216 g/mol. The van der Waals surface area contributed by atoms with Crippen molar-refractivity contribution in [3.63, 3.8) is 0 Å². The maximum absolute atomic E-state index is 11.6. The van der Waals surface area contributed by atoms with Crippen molar-refractivity contribution in [2.45, 2.75) is 6.04 Å². The Hall–Kier alpha value is -2.07. The van der Waals surface area contributed by atoms with Crippen LogP contribution in [-0.2, 0) is 0 Å². The molecule has 0 aliphatic rings. The molecule has 0 fully saturated rings. The second-order valence-electron chi connectivity index (χ2n) is 3.70. The minimum Gasteiger partial charge on any atom is -0.459 e. The van der Waals surface area contributed by atoms with Gasteiger partial charge in [-0.2, -0.15) is 0 Å². The molecule has 0 spiro atoms. The zero-order chi connectivity index (χ0) is 12.1. The summed E-state index contributed by atoms with van der Waals surface area (Å²) in [6.07, 6.45) is 1.46. The first-order valence-corrected chi connectivity index (χ1v) is 5.39. The van der Waals surface area contributed by atoms with Crippen molar-refractivity contribution in [1.82, 2.24) is 5.32 Å². The fourth-order valence-electron chi connectivity index (χ4n) is 1.52. The van der Waals surface area contributed by atoms with Crippen molar-refractivity contribution in [3.8, 4) is 0 Å². The number of carbonyl (C=O) groups is 1. The van der Waals surface area contributed by atoms with Crippen LogP contribution in [0.2, 0.25) is 0 Å². The maximum atomic E-state index is 11.6. The molecule has 0 saturated heterocycles. The van der Waals surface area contributed by atoms with Crippen LogP contribution < -0.4 is 11.1 Å². The van der Waals surface area contributed by atoms with E-state index in [-0.39, 0.29) is 11.9 Å². The Balaban J connectivity index is 1.89. The number of benzene rings is 1. The number of nitrogens with two attached hydrogens (primary N) is 1. The van der Waals surface area contributed by atoms with Gasteiger partial charge in [0.05, 0.1) is 6.26 Å². The third-order valence-electron chi connectivity index (χ3n) is 2.46. The lowest BCUT2D eigenvalue weighted by molar-refractivity contribution is 0.0923. The van der Waals surface area contributed by atoms with Crippen LogP contribution in [0.5, 0.6) is 0 Å². The Labute approximate surface area is 99.4 Å². The van der Waals surface area contributed by atoms with Crippen LogP contribution in [0.3, 0.4) is 0 Å². The lowest BCUT2D eigenvalue weighted by Crippen LogP contribution is -2.31. The highest BCUT2D eigenvalue weighted by Gasteiger charge is 2.10. The Kier molecular flexibility index (Phi) is 3.57. The average molecular weight is 230 g/mol. The van der Waals surface area contributed by atoms with E-state index in [1.54, 1.807) is 12.1 Å². The molecular formula is C13H14N2O2. The third kappa shape index (κ3) is 2.95. The molecule has 4 nitrogen and oxygen atoms in total. The molecule has 2 rings (SSSR count).